The van der Waals surface area contributed by atoms with E-state index >= 15 is 0 Å². The molecule has 0 bridgehead atoms. The molecule has 0 fully saturated rings. The van der Waals surface area contributed by atoms with E-state index < -0.39 is 5.82 Å². The summed E-state index contributed by atoms with van der Waals surface area (Å²) < 4.78 is 13.4. The fourth-order valence-corrected chi connectivity index (χ4v) is 1.28. The largest absolute Gasteiger partial charge is 0.504 e. The molecular weight excluding hydrogens is 169 g/mol. The molecule has 3 heteroatoms. The maximum atomic E-state index is 13.4. The van der Waals surface area contributed by atoms with Crippen LogP contribution < -0.4 is 0 Å². The lowest BCUT2D eigenvalue weighted by Crippen LogP contribution is -1.89. The molecule has 0 unspecified atom stereocenters. The molecule has 2 nitrogen and oxygen atoms in total. The van der Waals surface area contributed by atoms with Crippen molar-refractivity contribution in [3.05, 3.63) is 35.8 Å². The Morgan fingerprint density at radius 2 is 2.00 bits per heavy atom. The van der Waals surface area contributed by atoms with Crippen LogP contribution in [0.1, 0.15) is 5.69 Å². The van der Waals surface area contributed by atoms with Crippen LogP contribution in [0.25, 0.3) is 10.9 Å². The Bertz CT molecular complexity index is 468. The van der Waals surface area contributed by atoms with Crippen LogP contribution in [0, 0.1) is 12.7 Å². The minimum atomic E-state index is -0.594. The number of fused-ring (bicyclic) bond motifs is 1. The predicted octanol–water partition coefficient (Wildman–Crippen LogP) is 2.39. The highest BCUT2D eigenvalue weighted by Crippen LogP contribution is 2.25. The lowest BCUT2D eigenvalue weighted by Gasteiger charge is -2.03. The molecule has 66 valence electrons. The van der Waals surface area contributed by atoms with Crippen LogP contribution >= 0.6 is 0 Å². The summed E-state index contributed by atoms with van der Waals surface area (Å²) in [5.41, 5.74) is 0.881. The monoisotopic (exact) mass is 177 g/mol. The van der Waals surface area contributed by atoms with E-state index in [9.17, 15) is 9.50 Å². The molecule has 0 aliphatic carbocycles. The number of nitrogens with zero attached hydrogens (tertiary/aromatic N) is 1. The quantitative estimate of drug-likeness (QED) is 0.670. The molecule has 1 heterocycles. The summed E-state index contributed by atoms with van der Waals surface area (Å²) in [5.74, 6) is -0.957. The number of aromatic hydroxyl groups is 1. The maximum Gasteiger partial charge on any atom is 0.176 e. The van der Waals surface area contributed by atoms with Crippen molar-refractivity contribution < 1.29 is 9.50 Å². The first-order valence-corrected chi connectivity index (χ1v) is 3.94. The Balaban J connectivity index is 2.94. The first-order valence-electron chi connectivity index (χ1n) is 3.94. The lowest BCUT2D eigenvalue weighted by atomic mass is 10.2. The van der Waals surface area contributed by atoms with Crippen molar-refractivity contribution in [2.75, 3.05) is 0 Å². The van der Waals surface area contributed by atoms with Crippen LogP contribution in [0.15, 0.2) is 24.3 Å². The van der Waals surface area contributed by atoms with E-state index in [1.54, 1.807) is 31.2 Å². The van der Waals surface area contributed by atoms with E-state index in [4.69, 9.17) is 0 Å². The van der Waals surface area contributed by atoms with Crippen LogP contribution in [0.3, 0.4) is 0 Å². The number of hydrogen-bond acceptors (Lipinski definition) is 2. The highest BCUT2D eigenvalue weighted by Gasteiger charge is 2.09. The Labute approximate surface area is 74.7 Å². The predicted molar refractivity (Wildman–Crippen MR) is 48.1 cm³/mol. The average molecular weight is 177 g/mol. The van der Waals surface area contributed by atoms with Gasteiger partial charge in [-0.1, -0.05) is 12.1 Å². The molecule has 2 rings (SSSR count). The smallest absolute Gasteiger partial charge is 0.176 e. The van der Waals surface area contributed by atoms with Crippen molar-refractivity contribution in [2.24, 2.45) is 0 Å². The molecule has 2 aromatic rings. The summed E-state index contributed by atoms with van der Waals surface area (Å²) in [6.07, 6.45) is 0. The van der Waals surface area contributed by atoms with Gasteiger partial charge in [0.25, 0.3) is 0 Å². The number of halogens is 1. The van der Waals surface area contributed by atoms with Gasteiger partial charge in [0, 0.05) is 5.39 Å². The summed E-state index contributed by atoms with van der Waals surface area (Å²) in [4.78, 5) is 4.05. The molecule has 1 N–H and O–H groups in total. The molecule has 0 saturated carbocycles. The number of benzene rings is 1. The van der Waals surface area contributed by atoms with E-state index in [1.165, 1.54) is 0 Å². The van der Waals surface area contributed by atoms with Crippen molar-refractivity contribution >= 4 is 10.9 Å². The molecule has 0 amide bonds. The first kappa shape index (κ1) is 7.98. The number of aryl methyl sites for hydroxylation is 1. The van der Waals surface area contributed by atoms with Crippen molar-refractivity contribution in [3.8, 4) is 5.75 Å². The van der Waals surface area contributed by atoms with Crippen LogP contribution in [-0.2, 0) is 0 Å². The fraction of sp³-hybridized carbons (Fsp3) is 0.100. The van der Waals surface area contributed by atoms with Crippen molar-refractivity contribution in [1.82, 2.24) is 4.98 Å². The summed E-state index contributed by atoms with van der Waals surface area (Å²) in [7, 11) is 0. The SMILES string of the molecule is Cc1nc2ccccc2c(F)c1O. The van der Waals surface area contributed by atoms with Gasteiger partial charge in [-0.2, -0.15) is 0 Å². The minimum Gasteiger partial charge on any atom is -0.504 e. The summed E-state index contributed by atoms with van der Waals surface area (Å²) in [6.45, 7) is 1.57. The molecular formula is C10H8FNO. The van der Waals surface area contributed by atoms with E-state index in [0.717, 1.165) is 0 Å². The minimum absolute atomic E-state index is 0.316. The molecule has 0 aliphatic rings. The zero-order chi connectivity index (χ0) is 9.42. The van der Waals surface area contributed by atoms with Crippen molar-refractivity contribution in [1.29, 1.82) is 0 Å². The topological polar surface area (TPSA) is 33.1 Å². The first-order chi connectivity index (χ1) is 6.20. The molecule has 1 aromatic heterocycles. The van der Waals surface area contributed by atoms with Gasteiger partial charge in [0.2, 0.25) is 0 Å². The van der Waals surface area contributed by atoms with Gasteiger partial charge in [0.05, 0.1) is 11.2 Å². The zero-order valence-corrected chi connectivity index (χ0v) is 7.08. The highest BCUT2D eigenvalue weighted by atomic mass is 19.1. The average Bonchev–Trinajstić information content (AvgIpc) is 2.15. The fourth-order valence-electron chi connectivity index (χ4n) is 1.28. The van der Waals surface area contributed by atoms with Crippen LogP contribution in [0.2, 0.25) is 0 Å². The second kappa shape index (κ2) is 2.69. The second-order valence-electron chi connectivity index (χ2n) is 2.88. The second-order valence-corrected chi connectivity index (χ2v) is 2.88. The van der Waals surface area contributed by atoms with E-state index in [0.29, 0.717) is 16.6 Å². The third kappa shape index (κ3) is 1.13. The third-order valence-corrected chi connectivity index (χ3v) is 1.98. The Morgan fingerprint density at radius 1 is 1.31 bits per heavy atom. The molecule has 0 spiro atoms. The van der Waals surface area contributed by atoms with Crippen molar-refractivity contribution in [2.45, 2.75) is 6.92 Å². The molecule has 1 aromatic carbocycles. The molecule has 13 heavy (non-hydrogen) atoms. The van der Waals surface area contributed by atoms with Gasteiger partial charge >= 0.3 is 0 Å². The zero-order valence-electron chi connectivity index (χ0n) is 7.08. The molecule has 0 saturated heterocycles. The van der Waals surface area contributed by atoms with Crippen LogP contribution in [-0.4, -0.2) is 10.1 Å². The standard InChI is InChI=1S/C10H8FNO/c1-6-10(13)9(11)7-4-2-3-5-8(7)12-6/h2-5,13H,1H3. The number of aromatic nitrogens is 1. The Morgan fingerprint density at radius 3 is 2.77 bits per heavy atom. The Hall–Kier alpha value is -1.64. The molecule has 0 atom stereocenters. The van der Waals surface area contributed by atoms with Gasteiger partial charge in [-0.3, -0.25) is 0 Å². The molecule has 0 radical (unpaired) electrons. The summed E-state index contributed by atoms with van der Waals surface area (Å²) in [5, 5.41) is 9.62. The van der Waals surface area contributed by atoms with Gasteiger partial charge in [0.15, 0.2) is 11.6 Å². The van der Waals surface area contributed by atoms with Gasteiger partial charge in [0.1, 0.15) is 0 Å². The number of para-hydroxylation sites is 1. The number of rotatable bonds is 0. The van der Waals surface area contributed by atoms with Crippen LogP contribution in [0.4, 0.5) is 4.39 Å². The third-order valence-electron chi connectivity index (χ3n) is 1.98. The molecule has 0 aliphatic heterocycles. The maximum absolute atomic E-state index is 13.4. The lowest BCUT2D eigenvalue weighted by molar-refractivity contribution is 0.429. The van der Waals surface area contributed by atoms with E-state index in [-0.39, 0.29) is 5.75 Å². The highest BCUT2D eigenvalue weighted by molar-refractivity contribution is 5.80. The Kier molecular flexibility index (Phi) is 1.65. The van der Waals surface area contributed by atoms with Gasteiger partial charge in [-0.05, 0) is 19.1 Å². The summed E-state index contributed by atoms with van der Waals surface area (Å²) in [6, 6.07) is 6.80. The van der Waals surface area contributed by atoms with E-state index in [2.05, 4.69) is 4.98 Å². The van der Waals surface area contributed by atoms with Gasteiger partial charge < -0.3 is 5.11 Å². The van der Waals surface area contributed by atoms with Crippen LogP contribution in [0.5, 0.6) is 5.75 Å². The normalized spacial score (nSPS) is 10.6. The van der Waals surface area contributed by atoms with E-state index in [1.807, 2.05) is 0 Å². The summed E-state index contributed by atoms with van der Waals surface area (Å²) >= 11 is 0. The van der Waals surface area contributed by atoms with Crippen molar-refractivity contribution in [3.63, 3.8) is 0 Å². The van der Waals surface area contributed by atoms with Gasteiger partial charge in [-0.25, -0.2) is 9.37 Å². The number of pyridine rings is 1. The number of hydrogen-bond donors (Lipinski definition) is 1. The van der Waals surface area contributed by atoms with Gasteiger partial charge in [-0.15, -0.1) is 0 Å².